The summed E-state index contributed by atoms with van der Waals surface area (Å²) in [5.41, 5.74) is 1.86. The second-order valence-corrected chi connectivity index (χ2v) is 7.68. The Morgan fingerprint density at radius 3 is 2.52 bits per heavy atom. The van der Waals surface area contributed by atoms with Crippen molar-refractivity contribution in [2.45, 2.75) is 68.7 Å². The second kappa shape index (κ2) is 9.20. The average Bonchev–Trinajstić information content (AvgIpc) is 2.73. The highest BCUT2D eigenvalue weighted by molar-refractivity contribution is 5.47. The van der Waals surface area contributed by atoms with Gasteiger partial charge in [-0.3, -0.25) is 0 Å². The molecule has 0 saturated carbocycles. The molecule has 1 aromatic carbocycles. The van der Waals surface area contributed by atoms with E-state index in [0.717, 1.165) is 11.1 Å². The van der Waals surface area contributed by atoms with Crippen LogP contribution in [0.25, 0.3) is 6.08 Å². The van der Waals surface area contributed by atoms with Gasteiger partial charge in [0.05, 0.1) is 31.5 Å². The van der Waals surface area contributed by atoms with E-state index >= 15 is 0 Å². The first-order valence-electron chi connectivity index (χ1n) is 9.98. The number of aliphatic hydroxyl groups is 3. The van der Waals surface area contributed by atoms with Crippen LogP contribution in [-0.2, 0) is 23.7 Å². The van der Waals surface area contributed by atoms with Gasteiger partial charge in [-0.15, -0.1) is 0 Å². The molecule has 4 unspecified atom stereocenters. The number of aliphatic hydroxyl groups excluding tert-OH is 3. The Balaban J connectivity index is 1.34. The Kier molecular flexibility index (Phi) is 6.63. The third kappa shape index (κ3) is 4.87. The molecule has 0 aliphatic carbocycles. The predicted molar refractivity (Wildman–Crippen MR) is 101 cm³/mol. The van der Waals surface area contributed by atoms with Crippen LogP contribution in [0.4, 0.5) is 0 Å². The fourth-order valence-electron chi connectivity index (χ4n) is 3.96. The lowest BCUT2D eigenvalue weighted by molar-refractivity contribution is -0.362. The Labute approximate surface area is 169 Å². The maximum atomic E-state index is 10.6. The molecule has 1 aromatic rings. The van der Waals surface area contributed by atoms with Crippen LogP contribution in [0.1, 0.15) is 36.7 Å². The summed E-state index contributed by atoms with van der Waals surface area (Å²) in [6.07, 6.45) is -2.24. The molecule has 3 aliphatic rings. The highest BCUT2D eigenvalue weighted by atomic mass is 16.8. The first-order chi connectivity index (χ1) is 14.1. The average molecular weight is 408 g/mol. The number of hydrogen-bond donors (Lipinski definition) is 3. The van der Waals surface area contributed by atoms with Gasteiger partial charge in [0.15, 0.2) is 18.9 Å². The Morgan fingerprint density at radius 2 is 1.79 bits per heavy atom. The van der Waals surface area contributed by atoms with Crippen molar-refractivity contribution in [2.75, 3.05) is 13.2 Å². The lowest BCUT2D eigenvalue weighted by Crippen LogP contribution is -2.56. The summed E-state index contributed by atoms with van der Waals surface area (Å²) >= 11 is 0. The van der Waals surface area contributed by atoms with E-state index in [2.05, 4.69) is 6.58 Å². The van der Waals surface area contributed by atoms with Gasteiger partial charge in [0, 0.05) is 24.8 Å². The molecule has 29 heavy (non-hydrogen) atoms. The molecule has 0 spiro atoms. The number of rotatable bonds is 5. The minimum absolute atomic E-state index is 0.188. The maximum Gasteiger partial charge on any atom is 0.184 e. The van der Waals surface area contributed by atoms with Crippen molar-refractivity contribution in [1.29, 1.82) is 0 Å². The van der Waals surface area contributed by atoms with E-state index in [4.69, 9.17) is 23.7 Å². The zero-order chi connectivity index (χ0) is 20.4. The SMILES string of the molecule is C=Cc1ccc(C2OC[C@H]3O[C@H](OC4CC(O)C[C@@H](CO)O4)CC(O)[C@@H]3O2)cc1. The predicted octanol–water partition coefficient (Wildman–Crippen LogP) is 1.09. The van der Waals surface area contributed by atoms with Crippen LogP contribution in [0.15, 0.2) is 30.8 Å². The number of fused-ring (bicyclic) bond motifs is 1. The van der Waals surface area contributed by atoms with Crippen molar-refractivity contribution in [3.8, 4) is 0 Å². The van der Waals surface area contributed by atoms with E-state index in [1.807, 2.05) is 24.3 Å². The summed E-state index contributed by atoms with van der Waals surface area (Å²) in [4.78, 5) is 0. The highest BCUT2D eigenvalue weighted by Crippen LogP contribution is 2.35. The van der Waals surface area contributed by atoms with Gasteiger partial charge in [0.1, 0.15) is 12.2 Å². The van der Waals surface area contributed by atoms with E-state index in [1.54, 1.807) is 6.08 Å². The third-order valence-electron chi connectivity index (χ3n) is 5.49. The van der Waals surface area contributed by atoms with Crippen molar-refractivity contribution in [2.24, 2.45) is 0 Å². The second-order valence-electron chi connectivity index (χ2n) is 7.68. The van der Waals surface area contributed by atoms with E-state index in [9.17, 15) is 15.3 Å². The fourth-order valence-corrected chi connectivity index (χ4v) is 3.96. The molecule has 8 nitrogen and oxygen atoms in total. The molecular weight excluding hydrogens is 380 g/mol. The van der Waals surface area contributed by atoms with Gasteiger partial charge >= 0.3 is 0 Å². The number of hydrogen-bond acceptors (Lipinski definition) is 8. The standard InChI is InChI=1S/C21H28O8/c1-2-12-3-5-13(6-4-12)21-25-11-17-20(29-21)16(24)9-19(27-17)28-18-8-14(23)7-15(10-22)26-18/h2-6,14-24H,1,7-11H2/t14?,15-,16?,17+,18?,19+,20-,21?/m0/s1. The van der Waals surface area contributed by atoms with Crippen molar-refractivity contribution in [3.05, 3.63) is 42.0 Å². The van der Waals surface area contributed by atoms with Gasteiger partial charge in [-0.2, -0.15) is 0 Å². The minimum Gasteiger partial charge on any atom is -0.394 e. The maximum absolute atomic E-state index is 10.6. The van der Waals surface area contributed by atoms with E-state index in [-0.39, 0.29) is 26.1 Å². The molecule has 3 N–H and O–H groups in total. The molecule has 3 saturated heterocycles. The molecule has 3 heterocycles. The van der Waals surface area contributed by atoms with Crippen molar-refractivity contribution >= 4 is 6.08 Å². The van der Waals surface area contributed by atoms with Crippen LogP contribution >= 0.6 is 0 Å². The van der Waals surface area contributed by atoms with Crippen molar-refractivity contribution in [1.82, 2.24) is 0 Å². The summed E-state index contributed by atoms with van der Waals surface area (Å²) in [5, 5.41) is 29.8. The van der Waals surface area contributed by atoms with Gasteiger partial charge in [-0.05, 0) is 5.56 Å². The molecular formula is C21H28O8. The number of ether oxygens (including phenoxy) is 5. The Bertz CT molecular complexity index is 680. The van der Waals surface area contributed by atoms with Gasteiger partial charge in [-0.1, -0.05) is 36.9 Å². The lowest BCUT2D eigenvalue weighted by Gasteiger charge is -2.45. The van der Waals surface area contributed by atoms with Crippen LogP contribution < -0.4 is 0 Å². The Hall–Kier alpha value is -1.36. The van der Waals surface area contributed by atoms with Crippen molar-refractivity contribution < 1.29 is 39.0 Å². The third-order valence-corrected chi connectivity index (χ3v) is 5.49. The molecule has 0 bridgehead atoms. The molecule has 0 radical (unpaired) electrons. The summed E-state index contributed by atoms with van der Waals surface area (Å²) in [5.74, 6) is 0. The van der Waals surface area contributed by atoms with Gasteiger partial charge in [-0.25, -0.2) is 0 Å². The van der Waals surface area contributed by atoms with Crippen LogP contribution in [0.2, 0.25) is 0 Å². The van der Waals surface area contributed by atoms with E-state index in [1.165, 1.54) is 0 Å². The van der Waals surface area contributed by atoms with Gasteiger partial charge in [0.25, 0.3) is 0 Å². The van der Waals surface area contributed by atoms with E-state index < -0.39 is 49.4 Å². The lowest BCUT2D eigenvalue weighted by atomic mass is 10.00. The Morgan fingerprint density at radius 1 is 1.03 bits per heavy atom. The minimum atomic E-state index is -0.792. The van der Waals surface area contributed by atoms with Crippen LogP contribution in [0.3, 0.4) is 0 Å². The van der Waals surface area contributed by atoms with Crippen LogP contribution in [0.5, 0.6) is 0 Å². The van der Waals surface area contributed by atoms with Crippen LogP contribution in [0, 0.1) is 0 Å². The molecule has 4 rings (SSSR count). The highest BCUT2D eigenvalue weighted by Gasteiger charge is 2.45. The summed E-state index contributed by atoms with van der Waals surface area (Å²) < 4.78 is 29.1. The molecule has 8 heteroatoms. The van der Waals surface area contributed by atoms with Gasteiger partial charge in [0.2, 0.25) is 0 Å². The summed E-state index contributed by atoms with van der Waals surface area (Å²) in [6, 6.07) is 7.68. The molecule has 3 aliphatic heterocycles. The quantitative estimate of drug-likeness (QED) is 0.665. The molecule has 160 valence electrons. The van der Waals surface area contributed by atoms with Crippen LogP contribution in [-0.4, -0.2) is 71.6 Å². The molecule has 0 amide bonds. The molecule has 3 fully saturated rings. The summed E-state index contributed by atoms with van der Waals surface area (Å²) in [6.45, 7) is 3.80. The fraction of sp³-hybridized carbons (Fsp3) is 0.619. The van der Waals surface area contributed by atoms with Crippen molar-refractivity contribution in [3.63, 3.8) is 0 Å². The van der Waals surface area contributed by atoms with Gasteiger partial charge < -0.3 is 39.0 Å². The smallest absolute Gasteiger partial charge is 0.184 e. The normalized spacial score (nSPS) is 40.2. The monoisotopic (exact) mass is 408 g/mol. The summed E-state index contributed by atoms with van der Waals surface area (Å²) in [7, 11) is 0. The van der Waals surface area contributed by atoms with E-state index in [0.29, 0.717) is 6.42 Å². The molecule has 8 atom stereocenters. The topological polar surface area (TPSA) is 107 Å². The number of benzene rings is 1. The zero-order valence-electron chi connectivity index (χ0n) is 16.1. The largest absolute Gasteiger partial charge is 0.394 e. The first-order valence-corrected chi connectivity index (χ1v) is 9.98. The zero-order valence-corrected chi connectivity index (χ0v) is 16.1. The molecule has 0 aromatic heterocycles. The first kappa shape index (κ1) is 20.9.